The molecular weight excluding hydrogens is 164 g/mol. The van der Waals surface area contributed by atoms with Crippen molar-refractivity contribution in [3.63, 3.8) is 0 Å². The minimum absolute atomic E-state index is 0.00921. The van der Waals surface area contributed by atoms with Crippen LogP contribution in [0.5, 0.6) is 0 Å². The summed E-state index contributed by atoms with van der Waals surface area (Å²) in [6.45, 7) is 0. The topological polar surface area (TPSA) is 63.4 Å². The van der Waals surface area contributed by atoms with Crippen molar-refractivity contribution in [1.29, 1.82) is 0 Å². The highest BCUT2D eigenvalue weighted by Gasteiger charge is 2.43. The number of primary amides is 1. The van der Waals surface area contributed by atoms with Gasteiger partial charge in [-0.2, -0.15) is 0 Å². The Morgan fingerprint density at radius 3 is 3.00 bits per heavy atom. The van der Waals surface area contributed by atoms with Crippen molar-refractivity contribution < 1.29 is 9.59 Å². The maximum Gasteiger partial charge on any atom is 0.265 e. The summed E-state index contributed by atoms with van der Waals surface area (Å²) in [5.41, 5.74) is 5.38. The summed E-state index contributed by atoms with van der Waals surface area (Å²) in [7, 11) is 0. The van der Waals surface area contributed by atoms with Crippen LogP contribution in [0, 0.1) is 0 Å². The first-order valence-electron chi connectivity index (χ1n) is 3.17. The number of rotatable bonds is 1. The van der Waals surface area contributed by atoms with Gasteiger partial charge in [0.2, 0.25) is 5.91 Å². The minimum Gasteiger partial charge on any atom is -0.364 e. The first-order valence-corrected chi connectivity index (χ1v) is 4.12. The Bertz CT molecular complexity index is 274. The summed E-state index contributed by atoms with van der Waals surface area (Å²) in [5.74, 6) is -0.530. The number of β-lactam (4-membered cyclic amide) rings is 1. The fourth-order valence-electron chi connectivity index (χ4n) is 1.16. The van der Waals surface area contributed by atoms with Crippen LogP contribution in [-0.2, 0) is 9.59 Å². The molecule has 11 heavy (non-hydrogen) atoms. The molecule has 0 aromatic carbocycles. The summed E-state index contributed by atoms with van der Waals surface area (Å²) in [4.78, 5) is 23.0. The highest BCUT2D eigenvalue weighted by molar-refractivity contribution is 8.03. The summed E-state index contributed by atoms with van der Waals surface area (Å²) < 4.78 is 0. The normalized spacial score (nSPS) is 27.6. The minimum atomic E-state index is -0.520. The van der Waals surface area contributed by atoms with E-state index in [1.54, 1.807) is 5.41 Å². The van der Waals surface area contributed by atoms with E-state index in [0.29, 0.717) is 12.1 Å². The fraction of sp³-hybridized carbons (Fsp3) is 0.333. The van der Waals surface area contributed by atoms with Gasteiger partial charge in [0.15, 0.2) is 0 Å². The van der Waals surface area contributed by atoms with Gasteiger partial charge >= 0.3 is 0 Å². The number of fused-ring (bicyclic) bond motifs is 1. The number of nitrogens with zero attached hydrogens (tertiary/aromatic N) is 1. The van der Waals surface area contributed by atoms with E-state index in [-0.39, 0.29) is 11.3 Å². The lowest BCUT2D eigenvalue weighted by Crippen LogP contribution is -2.49. The van der Waals surface area contributed by atoms with E-state index in [0.717, 1.165) is 0 Å². The third kappa shape index (κ3) is 0.773. The molecule has 2 aliphatic heterocycles. The molecule has 0 saturated carbocycles. The second kappa shape index (κ2) is 2.01. The second-order valence-electron chi connectivity index (χ2n) is 2.43. The number of amides is 2. The van der Waals surface area contributed by atoms with E-state index in [4.69, 9.17) is 5.73 Å². The first-order chi connectivity index (χ1) is 5.20. The Hall–Kier alpha value is -0.970. The van der Waals surface area contributed by atoms with Gasteiger partial charge < -0.3 is 5.73 Å². The van der Waals surface area contributed by atoms with Crippen LogP contribution in [0.3, 0.4) is 0 Å². The molecule has 5 heteroatoms. The zero-order chi connectivity index (χ0) is 8.01. The molecule has 0 bridgehead atoms. The van der Waals surface area contributed by atoms with Crippen molar-refractivity contribution in [2.75, 3.05) is 0 Å². The number of carbonyl (C=O) groups is 2. The molecule has 2 heterocycles. The molecule has 2 aliphatic rings. The highest BCUT2D eigenvalue weighted by atomic mass is 32.2. The number of nitrogens with two attached hydrogens (primary N) is 1. The van der Waals surface area contributed by atoms with Crippen LogP contribution in [0.2, 0.25) is 0 Å². The molecule has 0 aliphatic carbocycles. The van der Waals surface area contributed by atoms with Crippen LogP contribution < -0.4 is 5.73 Å². The zero-order valence-electron chi connectivity index (χ0n) is 5.61. The van der Waals surface area contributed by atoms with E-state index in [1.807, 2.05) is 0 Å². The maximum absolute atomic E-state index is 10.9. The third-order valence-electron chi connectivity index (χ3n) is 1.75. The van der Waals surface area contributed by atoms with E-state index in [1.165, 1.54) is 16.7 Å². The molecular formula is C6H6N2O2S. The van der Waals surface area contributed by atoms with Gasteiger partial charge in [-0.05, 0) is 0 Å². The Morgan fingerprint density at radius 2 is 2.55 bits per heavy atom. The van der Waals surface area contributed by atoms with Crippen LogP contribution in [0.25, 0.3) is 0 Å². The average Bonchev–Trinajstić information content (AvgIpc) is 2.25. The highest BCUT2D eigenvalue weighted by Crippen LogP contribution is 2.40. The molecule has 0 radical (unpaired) electrons. The number of carbonyl (C=O) groups excluding carboxylic acids is 2. The second-order valence-corrected chi connectivity index (χ2v) is 3.48. The molecule has 2 amide bonds. The average molecular weight is 170 g/mol. The van der Waals surface area contributed by atoms with Crippen LogP contribution in [0.15, 0.2) is 11.1 Å². The van der Waals surface area contributed by atoms with Crippen molar-refractivity contribution in [3.8, 4) is 0 Å². The van der Waals surface area contributed by atoms with E-state index in [2.05, 4.69) is 0 Å². The number of hydrogen-bond acceptors (Lipinski definition) is 3. The molecule has 58 valence electrons. The number of thioether (sulfide) groups is 1. The van der Waals surface area contributed by atoms with Crippen LogP contribution in [0.4, 0.5) is 0 Å². The van der Waals surface area contributed by atoms with Crippen molar-refractivity contribution >= 4 is 23.6 Å². The molecule has 1 atom stereocenters. The Balaban J connectivity index is 2.24. The Labute approximate surface area is 67.4 Å². The van der Waals surface area contributed by atoms with Gasteiger partial charge in [0, 0.05) is 5.41 Å². The lowest BCUT2D eigenvalue weighted by Gasteiger charge is -2.34. The lowest BCUT2D eigenvalue weighted by atomic mass is 10.2. The van der Waals surface area contributed by atoms with Gasteiger partial charge in [0.1, 0.15) is 5.70 Å². The van der Waals surface area contributed by atoms with E-state index in [9.17, 15) is 9.59 Å². The SMILES string of the molecule is NC(=O)C1=CS[C@@H]2CC(=O)N12. The monoisotopic (exact) mass is 170 g/mol. The first kappa shape index (κ1) is 6.72. The lowest BCUT2D eigenvalue weighted by molar-refractivity contribution is -0.140. The molecule has 0 aromatic rings. The van der Waals surface area contributed by atoms with Crippen LogP contribution in [0.1, 0.15) is 6.42 Å². The molecule has 0 aromatic heterocycles. The predicted molar refractivity (Wildman–Crippen MR) is 40.1 cm³/mol. The zero-order valence-corrected chi connectivity index (χ0v) is 6.43. The number of hydrogen-bond donors (Lipinski definition) is 1. The van der Waals surface area contributed by atoms with Crippen molar-refractivity contribution in [1.82, 2.24) is 4.90 Å². The summed E-state index contributed by atoms with van der Waals surface area (Å²) in [5, 5.41) is 1.79. The Kier molecular flexibility index (Phi) is 1.23. The summed E-state index contributed by atoms with van der Waals surface area (Å²) in [6.07, 6.45) is 0.526. The molecule has 4 nitrogen and oxygen atoms in total. The molecule has 1 saturated heterocycles. The smallest absolute Gasteiger partial charge is 0.265 e. The van der Waals surface area contributed by atoms with E-state index >= 15 is 0 Å². The third-order valence-corrected chi connectivity index (χ3v) is 2.81. The van der Waals surface area contributed by atoms with Crippen molar-refractivity contribution in [2.45, 2.75) is 11.8 Å². The van der Waals surface area contributed by atoms with Gasteiger partial charge in [-0.1, -0.05) is 0 Å². The van der Waals surface area contributed by atoms with E-state index < -0.39 is 5.91 Å². The molecule has 1 fully saturated rings. The molecule has 2 rings (SSSR count). The van der Waals surface area contributed by atoms with Gasteiger partial charge in [-0.25, -0.2) is 0 Å². The fourth-order valence-corrected chi connectivity index (χ4v) is 2.27. The van der Waals surface area contributed by atoms with Gasteiger partial charge in [-0.15, -0.1) is 11.8 Å². The van der Waals surface area contributed by atoms with Crippen molar-refractivity contribution in [3.05, 3.63) is 11.1 Å². The van der Waals surface area contributed by atoms with Gasteiger partial charge in [0.05, 0.1) is 11.8 Å². The van der Waals surface area contributed by atoms with Crippen molar-refractivity contribution in [2.24, 2.45) is 5.73 Å². The van der Waals surface area contributed by atoms with Crippen LogP contribution in [-0.4, -0.2) is 22.1 Å². The quantitative estimate of drug-likeness (QED) is 0.545. The molecule has 0 unspecified atom stereocenters. The van der Waals surface area contributed by atoms with Gasteiger partial charge in [-0.3, -0.25) is 14.5 Å². The van der Waals surface area contributed by atoms with Crippen LogP contribution >= 0.6 is 11.8 Å². The largest absolute Gasteiger partial charge is 0.364 e. The summed E-state index contributed by atoms with van der Waals surface area (Å²) in [6, 6.07) is 0. The predicted octanol–water partition coefficient (Wildman–Crippen LogP) is -0.382. The summed E-state index contributed by atoms with van der Waals surface area (Å²) >= 11 is 1.47. The molecule has 0 spiro atoms. The van der Waals surface area contributed by atoms with Gasteiger partial charge in [0.25, 0.3) is 5.91 Å². The maximum atomic E-state index is 10.9. The standard InChI is InChI=1S/C6H6N2O2S/c7-6(10)3-2-11-5-1-4(9)8(3)5/h2,5H,1H2,(H2,7,10)/t5-/m1/s1. The Morgan fingerprint density at radius 1 is 1.82 bits per heavy atom. The molecule has 2 N–H and O–H groups in total.